The van der Waals surface area contributed by atoms with Gasteiger partial charge in [-0.15, -0.1) is 0 Å². The van der Waals surface area contributed by atoms with E-state index in [0.717, 1.165) is 24.3 Å². The molecule has 3 N–H and O–H groups in total. The highest BCUT2D eigenvalue weighted by atomic mass is 16.2. The van der Waals surface area contributed by atoms with E-state index in [-0.39, 0.29) is 6.04 Å². The van der Waals surface area contributed by atoms with E-state index in [1.54, 1.807) is 0 Å². The normalized spacial score (nSPS) is 23.2. The van der Waals surface area contributed by atoms with Gasteiger partial charge < -0.3 is 5.73 Å². The van der Waals surface area contributed by atoms with Crippen LogP contribution in [0.4, 0.5) is 4.79 Å². The average molecular weight is 285 g/mol. The van der Waals surface area contributed by atoms with E-state index in [1.807, 2.05) is 42.5 Å². The maximum Gasteiger partial charge on any atom is 0.317 e. The maximum atomic E-state index is 11.1. The van der Waals surface area contributed by atoms with E-state index >= 15 is 0 Å². The fourth-order valence-electron chi connectivity index (χ4n) is 2.55. The van der Waals surface area contributed by atoms with Crippen LogP contribution in [-0.4, -0.2) is 17.9 Å². The molecule has 0 heterocycles. The van der Waals surface area contributed by atoms with Crippen molar-refractivity contribution in [1.29, 1.82) is 0 Å². The van der Waals surface area contributed by atoms with Gasteiger partial charge in [-0.2, -0.15) is 0 Å². The molecule has 4 heteroatoms. The first-order chi connectivity index (χ1) is 10.1. The summed E-state index contributed by atoms with van der Waals surface area (Å²) in [5.41, 5.74) is 6.29. The zero-order chi connectivity index (χ0) is 15.1. The summed E-state index contributed by atoms with van der Waals surface area (Å²) in [7, 11) is 0. The molecule has 0 aromatic heterocycles. The standard InChI is InChI=1S/C17H23N3O/c1-13-7-10-15(11-8-13)19-16(20-17(18)21)12-9-14-5-3-2-4-6-14/h2-6,9,12-13,15H,7-8,10-11H2,1H3,(H3,18,19,20,21). The SMILES string of the molecule is CC1CCC(N=C(C=Cc2ccccc2)NC(N)=O)CC1. The number of aliphatic imine (C=N–C) groups is 1. The molecule has 0 aliphatic heterocycles. The first-order valence-corrected chi connectivity index (χ1v) is 7.51. The Hall–Kier alpha value is -2.10. The number of amides is 2. The first-order valence-electron chi connectivity index (χ1n) is 7.51. The van der Waals surface area contributed by atoms with Crippen LogP contribution in [0.25, 0.3) is 6.08 Å². The lowest BCUT2D eigenvalue weighted by molar-refractivity contribution is 0.253. The Balaban J connectivity index is 2.07. The van der Waals surface area contributed by atoms with Crippen molar-refractivity contribution in [3.8, 4) is 0 Å². The van der Waals surface area contributed by atoms with Gasteiger partial charge in [0, 0.05) is 0 Å². The van der Waals surface area contributed by atoms with Crippen molar-refractivity contribution in [1.82, 2.24) is 5.32 Å². The molecule has 2 amide bonds. The third-order valence-electron chi connectivity index (χ3n) is 3.79. The lowest BCUT2D eigenvalue weighted by atomic mass is 9.88. The molecule has 1 aliphatic carbocycles. The van der Waals surface area contributed by atoms with Crippen molar-refractivity contribution >= 4 is 17.9 Å². The molecule has 112 valence electrons. The highest BCUT2D eigenvalue weighted by molar-refractivity contribution is 6.05. The molecular weight excluding hydrogens is 262 g/mol. The third kappa shape index (κ3) is 5.42. The largest absolute Gasteiger partial charge is 0.351 e. The van der Waals surface area contributed by atoms with Gasteiger partial charge in [-0.05, 0) is 43.2 Å². The number of rotatable bonds is 3. The van der Waals surface area contributed by atoms with E-state index in [0.29, 0.717) is 5.84 Å². The minimum absolute atomic E-state index is 0.281. The summed E-state index contributed by atoms with van der Waals surface area (Å²) in [6.45, 7) is 2.28. The minimum Gasteiger partial charge on any atom is -0.351 e. The Labute approximate surface area is 126 Å². The van der Waals surface area contributed by atoms with Gasteiger partial charge in [-0.1, -0.05) is 43.3 Å². The van der Waals surface area contributed by atoms with Gasteiger partial charge in [0.15, 0.2) is 0 Å². The van der Waals surface area contributed by atoms with Crippen molar-refractivity contribution in [3.05, 3.63) is 42.0 Å². The fraction of sp³-hybridized carbons (Fsp3) is 0.412. The number of nitrogens with one attached hydrogen (secondary N) is 1. The molecule has 0 saturated heterocycles. The lowest BCUT2D eigenvalue weighted by Gasteiger charge is -2.23. The van der Waals surface area contributed by atoms with Crippen LogP contribution in [-0.2, 0) is 0 Å². The van der Waals surface area contributed by atoms with Crippen molar-refractivity contribution in [2.45, 2.75) is 38.6 Å². The second kappa shape index (κ2) is 7.62. The lowest BCUT2D eigenvalue weighted by Crippen LogP contribution is -2.35. The Morgan fingerprint density at radius 1 is 1.24 bits per heavy atom. The van der Waals surface area contributed by atoms with E-state index in [9.17, 15) is 4.79 Å². The molecule has 1 fully saturated rings. The minimum atomic E-state index is -0.573. The van der Waals surface area contributed by atoms with Crippen LogP contribution in [0.3, 0.4) is 0 Å². The Morgan fingerprint density at radius 3 is 2.52 bits per heavy atom. The van der Waals surface area contributed by atoms with E-state index in [1.165, 1.54) is 12.8 Å². The van der Waals surface area contributed by atoms with Gasteiger partial charge in [0.05, 0.1) is 6.04 Å². The molecule has 1 aliphatic rings. The van der Waals surface area contributed by atoms with Crippen LogP contribution in [0.5, 0.6) is 0 Å². The molecule has 0 bridgehead atoms. The second-order valence-electron chi connectivity index (χ2n) is 5.66. The van der Waals surface area contributed by atoms with Gasteiger partial charge >= 0.3 is 6.03 Å². The van der Waals surface area contributed by atoms with Crippen LogP contribution in [0.1, 0.15) is 38.2 Å². The van der Waals surface area contributed by atoms with E-state index in [4.69, 9.17) is 5.73 Å². The van der Waals surface area contributed by atoms with Gasteiger partial charge in [-0.3, -0.25) is 10.3 Å². The number of urea groups is 1. The molecule has 0 radical (unpaired) electrons. The molecule has 1 aromatic carbocycles. The summed E-state index contributed by atoms with van der Waals surface area (Å²) in [6, 6.07) is 9.62. The molecule has 1 aromatic rings. The van der Waals surface area contributed by atoms with Gasteiger partial charge in [0.2, 0.25) is 0 Å². The van der Waals surface area contributed by atoms with Crippen LogP contribution in [0.2, 0.25) is 0 Å². The number of primary amides is 1. The quantitative estimate of drug-likeness (QED) is 0.649. The van der Waals surface area contributed by atoms with Crippen molar-refractivity contribution in [2.75, 3.05) is 0 Å². The Kier molecular flexibility index (Phi) is 5.55. The number of benzene rings is 1. The first kappa shape index (κ1) is 15.3. The highest BCUT2D eigenvalue weighted by Crippen LogP contribution is 2.25. The fourth-order valence-corrected chi connectivity index (χ4v) is 2.55. The number of hydrogen-bond acceptors (Lipinski definition) is 2. The summed E-state index contributed by atoms with van der Waals surface area (Å²) >= 11 is 0. The molecule has 1 saturated carbocycles. The molecule has 0 unspecified atom stereocenters. The maximum absolute atomic E-state index is 11.1. The predicted molar refractivity (Wildman–Crippen MR) is 87.1 cm³/mol. The van der Waals surface area contributed by atoms with Crippen LogP contribution < -0.4 is 11.1 Å². The zero-order valence-electron chi connectivity index (χ0n) is 12.5. The molecule has 2 rings (SSSR count). The third-order valence-corrected chi connectivity index (χ3v) is 3.79. The summed E-state index contributed by atoms with van der Waals surface area (Å²) in [5.74, 6) is 1.33. The summed E-state index contributed by atoms with van der Waals surface area (Å²) in [6.07, 6.45) is 8.29. The van der Waals surface area contributed by atoms with Crippen molar-refractivity contribution in [3.63, 3.8) is 0 Å². The second-order valence-corrected chi connectivity index (χ2v) is 5.66. The van der Waals surface area contributed by atoms with Crippen LogP contribution >= 0.6 is 0 Å². The van der Waals surface area contributed by atoms with Crippen LogP contribution in [0.15, 0.2) is 41.4 Å². The summed E-state index contributed by atoms with van der Waals surface area (Å²) in [5, 5.41) is 2.61. The molecule has 4 nitrogen and oxygen atoms in total. The Bertz CT molecular complexity index is 514. The van der Waals surface area contributed by atoms with Crippen molar-refractivity contribution in [2.24, 2.45) is 16.6 Å². The summed E-state index contributed by atoms with van der Waals surface area (Å²) < 4.78 is 0. The average Bonchev–Trinajstić information content (AvgIpc) is 2.48. The van der Waals surface area contributed by atoms with Gasteiger partial charge in [0.1, 0.15) is 5.84 Å². The number of nitrogens with two attached hydrogens (primary N) is 1. The number of amidine groups is 1. The van der Waals surface area contributed by atoms with E-state index < -0.39 is 6.03 Å². The summed E-state index contributed by atoms with van der Waals surface area (Å²) in [4.78, 5) is 15.8. The predicted octanol–water partition coefficient (Wildman–Crippen LogP) is 3.35. The molecular formula is C17H23N3O. The number of carbonyl (C=O) groups is 1. The molecule has 21 heavy (non-hydrogen) atoms. The Morgan fingerprint density at radius 2 is 1.90 bits per heavy atom. The van der Waals surface area contributed by atoms with Gasteiger partial charge in [-0.25, -0.2) is 4.79 Å². The highest BCUT2D eigenvalue weighted by Gasteiger charge is 2.17. The number of carbonyl (C=O) groups excluding carboxylic acids is 1. The molecule has 0 spiro atoms. The van der Waals surface area contributed by atoms with Gasteiger partial charge in [0.25, 0.3) is 0 Å². The smallest absolute Gasteiger partial charge is 0.317 e. The topological polar surface area (TPSA) is 67.5 Å². The van der Waals surface area contributed by atoms with E-state index in [2.05, 4.69) is 17.2 Å². The number of hydrogen-bond donors (Lipinski definition) is 2. The molecule has 0 atom stereocenters. The zero-order valence-corrected chi connectivity index (χ0v) is 12.5. The van der Waals surface area contributed by atoms with Crippen LogP contribution in [0, 0.1) is 5.92 Å². The monoisotopic (exact) mass is 285 g/mol. The number of nitrogens with zero attached hydrogens (tertiary/aromatic N) is 1. The van der Waals surface area contributed by atoms with Crippen molar-refractivity contribution < 1.29 is 4.79 Å².